The summed E-state index contributed by atoms with van der Waals surface area (Å²) in [4.78, 5) is 0. The molecule has 0 amide bonds. The zero-order valence-electron chi connectivity index (χ0n) is 9.36. The van der Waals surface area contributed by atoms with Crippen molar-refractivity contribution in [1.29, 1.82) is 0 Å². The highest BCUT2D eigenvalue weighted by Crippen LogP contribution is 2.35. The number of benzene rings is 1. The van der Waals surface area contributed by atoms with Crippen LogP contribution in [0.4, 0.5) is 4.39 Å². The molecule has 2 atom stereocenters. The number of hydrogen-bond donors (Lipinski definition) is 1. The van der Waals surface area contributed by atoms with Crippen LogP contribution in [0.3, 0.4) is 0 Å². The number of halogens is 1. The van der Waals surface area contributed by atoms with Crippen molar-refractivity contribution < 1.29 is 8.81 Å². The van der Waals surface area contributed by atoms with Gasteiger partial charge in [0.1, 0.15) is 5.76 Å². The Balaban J connectivity index is 1.97. The topological polar surface area (TPSA) is 39.2 Å². The van der Waals surface area contributed by atoms with Gasteiger partial charge in [-0.25, -0.2) is 4.39 Å². The molecule has 17 heavy (non-hydrogen) atoms. The van der Waals surface area contributed by atoms with Crippen LogP contribution in [-0.2, 0) is 0 Å². The van der Waals surface area contributed by atoms with Crippen LogP contribution >= 0.6 is 11.8 Å². The highest BCUT2D eigenvalue weighted by atomic mass is 32.2. The zero-order valence-corrected chi connectivity index (χ0v) is 10.2. The van der Waals surface area contributed by atoms with Gasteiger partial charge in [-0.05, 0) is 36.0 Å². The standard InChI is InChI=1S/C13H14FNOS/c14-10-3-1-2-8-6-11(16-13(8)10)12(15)9-4-5-17-7-9/h1-3,6,9,12H,4-5,7,15H2. The van der Waals surface area contributed by atoms with Crippen molar-refractivity contribution in [3.8, 4) is 0 Å². The summed E-state index contributed by atoms with van der Waals surface area (Å²) in [5.74, 6) is 3.07. The second-order valence-electron chi connectivity index (χ2n) is 4.46. The Labute approximate surface area is 103 Å². The normalized spacial score (nSPS) is 22.1. The maximum absolute atomic E-state index is 13.5. The molecule has 1 aliphatic rings. The number of hydrogen-bond acceptors (Lipinski definition) is 3. The van der Waals surface area contributed by atoms with Crippen molar-refractivity contribution in [2.75, 3.05) is 11.5 Å². The second kappa shape index (κ2) is 4.35. The van der Waals surface area contributed by atoms with E-state index in [2.05, 4.69) is 0 Å². The van der Waals surface area contributed by atoms with Gasteiger partial charge in [-0.2, -0.15) is 11.8 Å². The molecule has 3 rings (SSSR count). The molecule has 0 bridgehead atoms. The number of thioether (sulfide) groups is 1. The minimum Gasteiger partial charge on any atom is -0.456 e. The lowest BCUT2D eigenvalue weighted by molar-refractivity contribution is 0.398. The van der Waals surface area contributed by atoms with Crippen LogP contribution in [0, 0.1) is 11.7 Å². The van der Waals surface area contributed by atoms with Gasteiger partial charge in [0.05, 0.1) is 6.04 Å². The van der Waals surface area contributed by atoms with E-state index < -0.39 is 0 Å². The Morgan fingerprint density at radius 2 is 2.35 bits per heavy atom. The SMILES string of the molecule is NC(c1cc2cccc(F)c2o1)C1CCSC1. The molecule has 1 aromatic heterocycles. The van der Waals surface area contributed by atoms with Gasteiger partial charge in [0, 0.05) is 5.39 Å². The van der Waals surface area contributed by atoms with E-state index in [1.54, 1.807) is 6.07 Å². The van der Waals surface area contributed by atoms with Crippen LogP contribution in [0.1, 0.15) is 18.2 Å². The van der Waals surface area contributed by atoms with Gasteiger partial charge in [0.15, 0.2) is 11.4 Å². The number of furan rings is 1. The Hall–Kier alpha value is -1.000. The maximum Gasteiger partial charge on any atom is 0.169 e. The number of fused-ring (bicyclic) bond motifs is 1. The number of nitrogens with two attached hydrogens (primary N) is 1. The highest BCUT2D eigenvalue weighted by Gasteiger charge is 2.26. The monoisotopic (exact) mass is 251 g/mol. The lowest BCUT2D eigenvalue weighted by Gasteiger charge is -2.15. The predicted octanol–water partition coefficient (Wildman–Crippen LogP) is 3.32. The molecule has 2 N–H and O–H groups in total. The summed E-state index contributed by atoms with van der Waals surface area (Å²) >= 11 is 1.92. The van der Waals surface area contributed by atoms with Gasteiger partial charge in [-0.15, -0.1) is 0 Å². The molecule has 90 valence electrons. The molecule has 2 aromatic rings. The van der Waals surface area contributed by atoms with Crippen LogP contribution in [0.15, 0.2) is 28.7 Å². The van der Waals surface area contributed by atoms with Gasteiger partial charge in [-0.3, -0.25) is 0 Å². The summed E-state index contributed by atoms with van der Waals surface area (Å²) in [7, 11) is 0. The summed E-state index contributed by atoms with van der Waals surface area (Å²) in [5, 5.41) is 0.793. The van der Waals surface area contributed by atoms with Crippen molar-refractivity contribution in [3.05, 3.63) is 35.8 Å². The van der Waals surface area contributed by atoms with Crippen molar-refractivity contribution in [3.63, 3.8) is 0 Å². The van der Waals surface area contributed by atoms with E-state index in [0.717, 1.165) is 23.3 Å². The average Bonchev–Trinajstić information content (AvgIpc) is 2.98. The summed E-state index contributed by atoms with van der Waals surface area (Å²) < 4.78 is 19.1. The molecule has 2 heterocycles. The van der Waals surface area contributed by atoms with E-state index in [4.69, 9.17) is 10.2 Å². The molecule has 0 aliphatic carbocycles. The third-order valence-corrected chi connectivity index (χ3v) is 4.50. The Morgan fingerprint density at radius 1 is 1.47 bits per heavy atom. The molecule has 1 aromatic carbocycles. The van der Waals surface area contributed by atoms with E-state index >= 15 is 0 Å². The van der Waals surface area contributed by atoms with Gasteiger partial charge < -0.3 is 10.2 Å². The van der Waals surface area contributed by atoms with E-state index in [9.17, 15) is 4.39 Å². The Morgan fingerprint density at radius 3 is 3.06 bits per heavy atom. The summed E-state index contributed by atoms with van der Waals surface area (Å²) in [6.07, 6.45) is 1.12. The molecular weight excluding hydrogens is 237 g/mol. The first-order chi connectivity index (χ1) is 8.25. The minimum atomic E-state index is -0.318. The third kappa shape index (κ3) is 1.96. The fourth-order valence-corrected chi connectivity index (χ4v) is 3.59. The fraction of sp³-hybridized carbons (Fsp3) is 0.385. The summed E-state index contributed by atoms with van der Waals surface area (Å²) in [6, 6.07) is 6.70. The van der Waals surface area contributed by atoms with E-state index in [1.165, 1.54) is 6.07 Å². The van der Waals surface area contributed by atoms with Crippen molar-refractivity contribution in [2.45, 2.75) is 12.5 Å². The molecular formula is C13H14FNOS. The van der Waals surface area contributed by atoms with Gasteiger partial charge in [-0.1, -0.05) is 12.1 Å². The fourth-order valence-electron chi connectivity index (χ4n) is 2.28. The molecule has 0 radical (unpaired) electrons. The second-order valence-corrected chi connectivity index (χ2v) is 5.61. The first kappa shape index (κ1) is 11.1. The molecule has 1 saturated heterocycles. The molecule has 4 heteroatoms. The largest absolute Gasteiger partial charge is 0.456 e. The molecule has 0 spiro atoms. The van der Waals surface area contributed by atoms with E-state index in [0.29, 0.717) is 17.3 Å². The molecule has 1 aliphatic heterocycles. The average molecular weight is 251 g/mol. The number of rotatable bonds is 2. The Bertz CT molecular complexity index is 533. The number of para-hydroxylation sites is 1. The molecule has 2 unspecified atom stereocenters. The Kier molecular flexibility index (Phi) is 2.84. The third-order valence-electron chi connectivity index (χ3n) is 3.32. The van der Waals surface area contributed by atoms with Crippen molar-refractivity contribution in [2.24, 2.45) is 11.7 Å². The lowest BCUT2D eigenvalue weighted by Crippen LogP contribution is -2.20. The van der Waals surface area contributed by atoms with Crippen molar-refractivity contribution in [1.82, 2.24) is 0 Å². The van der Waals surface area contributed by atoms with Gasteiger partial charge >= 0.3 is 0 Å². The summed E-state index contributed by atoms with van der Waals surface area (Å²) in [5.41, 5.74) is 6.51. The lowest BCUT2D eigenvalue weighted by atomic mass is 9.98. The van der Waals surface area contributed by atoms with Crippen LogP contribution in [0.25, 0.3) is 11.0 Å². The van der Waals surface area contributed by atoms with Crippen molar-refractivity contribution >= 4 is 22.7 Å². The minimum absolute atomic E-state index is 0.114. The zero-order chi connectivity index (χ0) is 11.8. The summed E-state index contributed by atoms with van der Waals surface area (Å²) in [6.45, 7) is 0. The van der Waals surface area contributed by atoms with Crippen LogP contribution in [0.2, 0.25) is 0 Å². The van der Waals surface area contributed by atoms with E-state index in [1.807, 2.05) is 23.9 Å². The maximum atomic E-state index is 13.5. The first-order valence-corrected chi connectivity index (χ1v) is 6.92. The highest BCUT2D eigenvalue weighted by molar-refractivity contribution is 7.99. The molecule has 0 saturated carbocycles. The molecule has 1 fully saturated rings. The first-order valence-electron chi connectivity index (χ1n) is 5.77. The predicted molar refractivity (Wildman–Crippen MR) is 68.5 cm³/mol. The van der Waals surface area contributed by atoms with Crippen LogP contribution in [0.5, 0.6) is 0 Å². The van der Waals surface area contributed by atoms with E-state index in [-0.39, 0.29) is 11.9 Å². The van der Waals surface area contributed by atoms with Crippen LogP contribution in [-0.4, -0.2) is 11.5 Å². The molecule has 2 nitrogen and oxygen atoms in total. The van der Waals surface area contributed by atoms with Gasteiger partial charge in [0.25, 0.3) is 0 Å². The quantitative estimate of drug-likeness (QED) is 0.890. The van der Waals surface area contributed by atoms with Crippen LogP contribution < -0.4 is 5.73 Å². The van der Waals surface area contributed by atoms with Gasteiger partial charge in [0.2, 0.25) is 0 Å². The smallest absolute Gasteiger partial charge is 0.169 e.